The minimum Gasteiger partial charge on any atom is -0.854 e. The van der Waals surface area contributed by atoms with Crippen LogP contribution >= 0.6 is 0 Å². The fourth-order valence-electron chi connectivity index (χ4n) is 1.59. The molecule has 0 fully saturated rings. The van der Waals surface area contributed by atoms with E-state index in [1.807, 2.05) is 0 Å². The second kappa shape index (κ2) is 16.0. The van der Waals surface area contributed by atoms with Gasteiger partial charge in [0.2, 0.25) is 0 Å². The Hall–Kier alpha value is 0.557. The minimum atomic E-state index is 0. The van der Waals surface area contributed by atoms with Crippen LogP contribution in [0, 0.1) is 0 Å². The SMILES string of the molecule is CCCCCCCCCCCC[O-].[Li+]. The van der Waals surface area contributed by atoms with Crippen molar-refractivity contribution in [3.8, 4) is 0 Å². The molecule has 0 N–H and O–H groups in total. The van der Waals surface area contributed by atoms with Crippen molar-refractivity contribution in [1.82, 2.24) is 0 Å². The van der Waals surface area contributed by atoms with Crippen LogP contribution in [0.25, 0.3) is 0 Å². The Kier molecular flexibility index (Phi) is 19.4. The Bertz CT molecular complexity index is 76.4. The van der Waals surface area contributed by atoms with Crippen molar-refractivity contribution >= 4 is 0 Å². The van der Waals surface area contributed by atoms with Crippen molar-refractivity contribution in [2.45, 2.75) is 71.1 Å². The van der Waals surface area contributed by atoms with Crippen molar-refractivity contribution in [3.05, 3.63) is 0 Å². The molecule has 0 bridgehead atoms. The van der Waals surface area contributed by atoms with Gasteiger partial charge < -0.3 is 5.11 Å². The van der Waals surface area contributed by atoms with Crippen molar-refractivity contribution in [1.29, 1.82) is 0 Å². The quantitative estimate of drug-likeness (QED) is 0.360. The number of rotatable bonds is 10. The summed E-state index contributed by atoms with van der Waals surface area (Å²) in [6.45, 7) is 2.37. The smallest absolute Gasteiger partial charge is 0.854 e. The van der Waals surface area contributed by atoms with Crippen LogP contribution in [0.5, 0.6) is 0 Å². The van der Waals surface area contributed by atoms with Gasteiger partial charge >= 0.3 is 18.9 Å². The summed E-state index contributed by atoms with van der Waals surface area (Å²) in [5.74, 6) is 0. The third-order valence-electron chi connectivity index (χ3n) is 2.50. The van der Waals surface area contributed by atoms with Gasteiger partial charge in [-0.3, -0.25) is 0 Å². The van der Waals surface area contributed by atoms with Gasteiger partial charge in [0.25, 0.3) is 0 Å². The van der Waals surface area contributed by atoms with E-state index >= 15 is 0 Å². The zero-order valence-electron chi connectivity index (χ0n) is 10.2. The van der Waals surface area contributed by atoms with E-state index in [0.29, 0.717) is 0 Å². The molecular formula is C12H25LiO. The maximum absolute atomic E-state index is 10.1. The maximum atomic E-state index is 10.1. The molecule has 0 saturated heterocycles. The van der Waals surface area contributed by atoms with E-state index in [9.17, 15) is 5.11 Å². The molecule has 0 spiro atoms. The number of hydrogen-bond acceptors (Lipinski definition) is 1. The van der Waals surface area contributed by atoms with E-state index in [4.69, 9.17) is 0 Å². The standard InChI is InChI=1S/C12H25O.Li/c1-2-3-4-5-6-7-8-9-10-11-12-13;/h2-12H2,1H3;/q-1;+1. The first-order valence-electron chi connectivity index (χ1n) is 6.00. The second-order valence-corrected chi connectivity index (χ2v) is 3.89. The Morgan fingerprint density at radius 3 is 1.36 bits per heavy atom. The Labute approximate surface area is 102 Å². The Morgan fingerprint density at radius 1 is 0.643 bits per heavy atom. The number of unbranched alkanes of at least 4 members (excludes halogenated alkanes) is 9. The predicted molar refractivity (Wildman–Crippen MR) is 56.7 cm³/mol. The van der Waals surface area contributed by atoms with Crippen LogP contribution in [-0.2, 0) is 0 Å². The van der Waals surface area contributed by atoms with Crippen LogP contribution < -0.4 is 24.0 Å². The van der Waals surface area contributed by atoms with Gasteiger partial charge in [-0.1, -0.05) is 71.1 Å². The maximum Gasteiger partial charge on any atom is 1.00 e. The van der Waals surface area contributed by atoms with Crippen molar-refractivity contribution in [2.24, 2.45) is 0 Å². The third-order valence-corrected chi connectivity index (χ3v) is 2.50. The molecule has 0 aliphatic heterocycles. The molecular weight excluding hydrogens is 167 g/mol. The second-order valence-electron chi connectivity index (χ2n) is 3.89. The molecule has 0 heterocycles. The monoisotopic (exact) mass is 192 g/mol. The minimum absolute atomic E-state index is 0. The van der Waals surface area contributed by atoms with E-state index < -0.39 is 0 Å². The summed E-state index contributed by atoms with van der Waals surface area (Å²) in [6.07, 6.45) is 13.0. The average Bonchev–Trinajstić information content (AvgIpc) is 2.16. The molecule has 0 aromatic rings. The molecule has 14 heavy (non-hydrogen) atoms. The molecule has 0 unspecified atom stereocenters. The summed E-state index contributed by atoms with van der Waals surface area (Å²) in [6, 6.07) is 0. The third kappa shape index (κ3) is 15.0. The summed E-state index contributed by atoms with van der Waals surface area (Å²) >= 11 is 0. The van der Waals surface area contributed by atoms with Crippen molar-refractivity contribution < 1.29 is 24.0 Å². The molecule has 0 rings (SSSR count). The van der Waals surface area contributed by atoms with Crippen molar-refractivity contribution in [2.75, 3.05) is 6.61 Å². The van der Waals surface area contributed by atoms with Gasteiger partial charge in [0.15, 0.2) is 0 Å². The molecule has 0 radical (unpaired) electrons. The van der Waals surface area contributed by atoms with Gasteiger partial charge in [0, 0.05) is 0 Å². The van der Waals surface area contributed by atoms with Crippen LogP contribution in [0.2, 0.25) is 0 Å². The molecule has 0 aliphatic rings. The molecule has 0 amide bonds. The van der Waals surface area contributed by atoms with Gasteiger partial charge in [-0.05, 0) is 0 Å². The van der Waals surface area contributed by atoms with E-state index in [0.717, 1.165) is 12.8 Å². The van der Waals surface area contributed by atoms with E-state index in [1.165, 1.54) is 51.4 Å². The van der Waals surface area contributed by atoms with E-state index in [2.05, 4.69) is 6.92 Å². The summed E-state index contributed by atoms with van der Waals surface area (Å²) in [5, 5.41) is 10.1. The zero-order chi connectivity index (χ0) is 9.78. The summed E-state index contributed by atoms with van der Waals surface area (Å²) in [5.41, 5.74) is 0. The van der Waals surface area contributed by atoms with Crippen LogP contribution in [0.3, 0.4) is 0 Å². The van der Waals surface area contributed by atoms with Crippen LogP contribution in [0.1, 0.15) is 71.1 Å². The topological polar surface area (TPSA) is 23.1 Å². The molecule has 2 heteroatoms. The molecule has 80 valence electrons. The molecule has 0 atom stereocenters. The summed E-state index contributed by atoms with van der Waals surface area (Å²) in [7, 11) is 0. The Morgan fingerprint density at radius 2 is 1.00 bits per heavy atom. The fraction of sp³-hybridized carbons (Fsp3) is 1.00. The molecule has 0 saturated carbocycles. The zero-order valence-corrected chi connectivity index (χ0v) is 10.2. The van der Waals surface area contributed by atoms with Gasteiger partial charge in [0.1, 0.15) is 0 Å². The molecule has 0 aromatic carbocycles. The predicted octanol–water partition coefficient (Wildman–Crippen LogP) is 0.272. The molecule has 0 aromatic heterocycles. The summed E-state index contributed by atoms with van der Waals surface area (Å²) in [4.78, 5) is 0. The molecule has 1 nitrogen and oxygen atoms in total. The summed E-state index contributed by atoms with van der Waals surface area (Å²) < 4.78 is 0. The fourth-order valence-corrected chi connectivity index (χ4v) is 1.59. The van der Waals surface area contributed by atoms with Gasteiger partial charge in [-0.15, -0.1) is 6.61 Å². The molecule has 0 aliphatic carbocycles. The van der Waals surface area contributed by atoms with Crippen LogP contribution in [0.4, 0.5) is 0 Å². The first-order valence-corrected chi connectivity index (χ1v) is 6.00. The van der Waals surface area contributed by atoms with Crippen LogP contribution in [0.15, 0.2) is 0 Å². The average molecular weight is 192 g/mol. The largest absolute Gasteiger partial charge is 1.00 e. The van der Waals surface area contributed by atoms with Gasteiger partial charge in [-0.25, -0.2) is 0 Å². The van der Waals surface area contributed by atoms with E-state index in [1.54, 1.807) is 0 Å². The Balaban J connectivity index is 0. The first-order chi connectivity index (χ1) is 6.41. The van der Waals surface area contributed by atoms with Gasteiger partial charge in [0.05, 0.1) is 0 Å². The normalized spacial score (nSPS) is 9.86. The van der Waals surface area contributed by atoms with E-state index in [-0.39, 0.29) is 25.5 Å². The van der Waals surface area contributed by atoms with Crippen molar-refractivity contribution in [3.63, 3.8) is 0 Å². The van der Waals surface area contributed by atoms with Gasteiger partial charge in [-0.2, -0.15) is 0 Å². The first kappa shape index (κ1) is 17.0. The number of hydrogen-bond donors (Lipinski definition) is 0. The van der Waals surface area contributed by atoms with Crippen LogP contribution in [-0.4, -0.2) is 6.61 Å².